The van der Waals surface area contributed by atoms with Crippen LogP contribution < -0.4 is 15.2 Å². The average molecular weight is 375 g/mol. The van der Waals surface area contributed by atoms with Crippen molar-refractivity contribution >= 4 is 27.5 Å². The number of nitrogens with two attached hydrogens (primary N) is 1. The number of halogens is 3. The van der Waals surface area contributed by atoms with E-state index >= 15 is 0 Å². The first-order valence-electron chi connectivity index (χ1n) is 6.29. The third kappa shape index (κ3) is 4.59. The molecule has 2 aromatic rings. The summed E-state index contributed by atoms with van der Waals surface area (Å²) in [6, 6.07) is 10.2. The summed E-state index contributed by atoms with van der Waals surface area (Å²) >= 11 is 8.93. The highest BCUT2D eigenvalue weighted by Gasteiger charge is 2.07. The molecule has 0 bridgehead atoms. The molecule has 0 heterocycles. The van der Waals surface area contributed by atoms with Crippen molar-refractivity contribution in [3.63, 3.8) is 0 Å². The molecule has 0 unspecified atom stereocenters. The molecule has 3 nitrogen and oxygen atoms in total. The van der Waals surface area contributed by atoms with Crippen LogP contribution in [-0.4, -0.2) is 13.2 Å². The Hall–Kier alpha value is -1.30. The lowest BCUT2D eigenvalue weighted by molar-refractivity contribution is 0.215. The van der Waals surface area contributed by atoms with Gasteiger partial charge >= 0.3 is 0 Å². The van der Waals surface area contributed by atoms with Gasteiger partial charge in [0, 0.05) is 12.6 Å². The smallest absolute Gasteiger partial charge is 0.145 e. The van der Waals surface area contributed by atoms with Gasteiger partial charge in [-0.25, -0.2) is 4.39 Å². The van der Waals surface area contributed by atoms with Crippen LogP contribution in [0, 0.1) is 5.82 Å². The molecule has 6 heteroatoms. The van der Waals surface area contributed by atoms with Crippen LogP contribution in [0.25, 0.3) is 0 Å². The molecule has 0 saturated carbocycles. The third-order valence-corrected chi connectivity index (χ3v) is 3.63. The van der Waals surface area contributed by atoms with Crippen molar-refractivity contribution in [1.29, 1.82) is 0 Å². The molecule has 0 aliphatic carbocycles. The summed E-state index contributed by atoms with van der Waals surface area (Å²) in [5.74, 6) is 0.588. The number of hydrogen-bond acceptors (Lipinski definition) is 3. The van der Waals surface area contributed by atoms with Crippen LogP contribution >= 0.6 is 27.5 Å². The van der Waals surface area contributed by atoms with E-state index in [2.05, 4.69) is 15.9 Å². The fourth-order valence-electron chi connectivity index (χ4n) is 1.69. The predicted octanol–water partition coefficient (Wildman–Crippen LogP) is 4.16. The van der Waals surface area contributed by atoms with E-state index in [9.17, 15) is 4.39 Å². The molecular formula is C15H14BrClFNO2. The second-order valence-corrected chi connectivity index (χ2v) is 5.51. The van der Waals surface area contributed by atoms with Crippen molar-refractivity contribution in [1.82, 2.24) is 0 Å². The van der Waals surface area contributed by atoms with Crippen LogP contribution in [0.4, 0.5) is 4.39 Å². The minimum atomic E-state index is -0.522. The quantitative estimate of drug-likeness (QED) is 0.610. The van der Waals surface area contributed by atoms with Crippen molar-refractivity contribution in [2.45, 2.75) is 6.54 Å². The van der Waals surface area contributed by atoms with E-state index in [-0.39, 0.29) is 11.6 Å². The topological polar surface area (TPSA) is 44.5 Å². The van der Waals surface area contributed by atoms with Gasteiger partial charge < -0.3 is 15.2 Å². The summed E-state index contributed by atoms with van der Waals surface area (Å²) in [7, 11) is 0. The van der Waals surface area contributed by atoms with E-state index in [0.717, 1.165) is 11.3 Å². The van der Waals surface area contributed by atoms with E-state index in [1.54, 1.807) is 0 Å². The molecule has 0 fully saturated rings. The fraction of sp³-hybridized carbons (Fsp3) is 0.200. The fourth-order valence-corrected chi connectivity index (χ4v) is 2.44. The molecule has 0 radical (unpaired) electrons. The Labute approximate surface area is 135 Å². The Balaban J connectivity index is 1.86. The second-order valence-electron chi connectivity index (χ2n) is 4.25. The summed E-state index contributed by atoms with van der Waals surface area (Å²) in [5, 5.41) is 0.0454. The van der Waals surface area contributed by atoms with Gasteiger partial charge in [0.1, 0.15) is 30.5 Å². The second kappa shape index (κ2) is 7.64. The number of benzene rings is 2. The van der Waals surface area contributed by atoms with Gasteiger partial charge in [-0.2, -0.15) is 0 Å². The first-order valence-corrected chi connectivity index (χ1v) is 7.46. The summed E-state index contributed by atoms with van der Waals surface area (Å²) in [5.41, 5.74) is 6.56. The van der Waals surface area contributed by atoms with Gasteiger partial charge in [-0.3, -0.25) is 0 Å². The van der Waals surface area contributed by atoms with Gasteiger partial charge in [-0.15, -0.1) is 0 Å². The Kier molecular flexibility index (Phi) is 5.85. The van der Waals surface area contributed by atoms with Gasteiger partial charge in [0.15, 0.2) is 0 Å². The Morgan fingerprint density at radius 1 is 1.14 bits per heavy atom. The molecule has 21 heavy (non-hydrogen) atoms. The van der Waals surface area contributed by atoms with E-state index in [1.165, 1.54) is 12.1 Å². The highest BCUT2D eigenvalue weighted by atomic mass is 79.9. The minimum Gasteiger partial charge on any atom is -0.490 e. The van der Waals surface area contributed by atoms with Gasteiger partial charge in [-0.1, -0.05) is 23.7 Å². The summed E-state index contributed by atoms with van der Waals surface area (Å²) in [6.07, 6.45) is 0. The normalized spacial score (nSPS) is 10.5. The predicted molar refractivity (Wildman–Crippen MR) is 84.4 cm³/mol. The SMILES string of the molecule is NCc1cccc(OCCOc2cc(F)c(Cl)cc2Br)c1. The first kappa shape index (κ1) is 16.1. The van der Waals surface area contributed by atoms with Gasteiger partial charge in [0.25, 0.3) is 0 Å². The molecule has 0 saturated heterocycles. The van der Waals surface area contributed by atoms with Crippen LogP contribution in [-0.2, 0) is 6.54 Å². The van der Waals surface area contributed by atoms with E-state index in [0.29, 0.717) is 23.4 Å². The van der Waals surface area contributed by atoms with E-state index < -0.39 is 5.82 Å². The molecule has 0 atom stereocenters. The average Bonchev–Trinajstić information content (AvgIpc) is 2.48. The lowest BCUT2D eigenvalue weighted by atomic mass is 10.2. The Morgan fingerprint density at radius 2 is 1.90 bits per heavy atom. The van der Waals surface area contributed by atoms with Crippen molar-refractivity contribution in [2.75, 3.05) is 13.2 Å². The molecular weight excluding hydrogens is 361 g/mol. The van der Waals surface area contributed by atoms with Gasteiger partial charge in [0.2, 0.25) is 0 Å². The van der Waals surface area contributed by atoms with Crippen molar-refractivity contribution in [2.24, 2.45) is 5.73 Å². The maximum atomic E-state index is 13.3. The standard InChI is InChI=1S/C15H14BrClFNO2/c16-12-7-13(17)14(18)8-15(12)21-5-4-20-11-3-1-2-10(6-11)9-19/h1-3,6-8H,4-5,9,19H2. The van der Waals surface area contributed by atoms with Crippen LogP contribution in [0.5, 0.6) is 11.5 Å². The zero-order chi connectivity index (χ0) is 15.2. The Morgan fingerprint density at radius 3 is 2.67 bits per heavy atom. The third-order valence-electron chi connectivity index (χ3n) is 2.72. The molecule has 2 rings (SSSR count). The maximum absolute atomic E-state index is 13.3. The molecule has 2 aromatic carbocycles. The largest absolute Gasteiger partial charge is 0.490 e. The zero-order valence-corrected chi connectivity index (χ0v) is 13.5. The number of rotatable bonds is 6. The van der Waals surface area contributed by atoms with Gasteiger partial charge in [-0.05, 0) is 39.7 Å². The van der Waals surface area contributed by atoms with Crippen molar-refractivity contribution < 1.29 is 13.9 Å². The molecule has 0 aliphatic rings. The van der Waals surface area contributed by atoms with E-state index in [4.69, 9.17) is 26.8 Å². The molecule has 0 aliphatic heterocycles. The number of hydrogen-bond donors (Lipinski definition) is 1. The maximum Gasteiger partial charge on any atom is 0.145 e. The Bertz CT molecular complexity index is 625. The summed E-state index contributed by atoms with van der Waals surface area (Å²) in [6.45, 7) is 1.09. The van der Waals surface area contributed by atoms with E-state index in [1.807, 2.05) is 24.3 Å². The first-order chi connectivity index (χ1) is 10.1. The molecule has 112 valence electrons. The van der Waals surface area contributed by atoms with Gasteiger partial charge in [0.05, 0.1) is 9.50 Å². The van der Waals surface area contributed by atoms with Crippen LogP contribution in [0.15, 0.2) is 40.9 Å². The van der Waals surface area contributed by atoms with Crippen LogP contribution in [0.1, 0.15) is 5.56 Å². The highest BCUT2D eigenvalue weighted by molar-refractivity contribution is 9.10. The lowest BCUT2D eigenvalue weighted by Gasteiger charge is -2.11. The lowest BCUT2D eigenvalue weighted by Crippen LogP contribution is -2.09. The minimum absolute atomic E-state index is 0.0454. The summed E-state index contributed by atoms with van der Waals surface area (Å²) in [4.78, 5) is 0. The van der Waals surface area contributed by atoms with Crippen molar-refractivity contribution in [3.05, 3.63) is 57.3 Å². The number of ether oxygens (including phenoxy) is 2. The van der Waals surface area contributed by atoms with Crippen molar-refractivity contribution in [3.8, 4) is 11.5 Å². The summed E-state index contributed by atoms with van der Waals surface area (Å²) < 4.78 is 24.9. The zero-order valence-electron chi connectivity index (χ0n) is 11.1. The highest BCUT2D eigenvalue weighted by Crippen LogP contribution is 2.30. The molecule has 2 N–H and O–H groups in total. The molecule has 0 spiro atoms. The van der Waals surface area contributed by atoms with Crippen LogP contribution in [0.2, 0.25) is 5.02 Å². The molecule has 0 aromatic heterocycles. The van der Waals surface area contributed by atoms with Crippen LogP contribution in [0.3, 0.4) is 0 Å². The monoisotopic (exact) mass is 373 g/mol. The molecule has 0 amide bonds.